The molecule has 0 saturated carbocycles. The van der Waals surface area contributed by atoms with E-state index < -0.39 is 10.1 Å². The summed E-state index contributed by atoms with van der Waals surface area (Å²) >= 11 is 0. The highest BCUT2D eigenvalue weighted by molar-refractivity contribution is 7.86. The minimum absolute atomic E-state index is 0.0303. The van der Waals surface area contributed by atoms with Gasteiger partial charge in [-0.2, -0.15) is 8.42 Å². The SMILES string of the molecule is Cc1ccc(S(=O)(=O)OCCCOCCCCOC2CCCCO2)cc1. The second-order valence-corrected chi connectivity index (χ2v) is 8.04. The number of unbranched alkanes of at least 4 members (excludes halogenated alkanes) is 1. The normalized spacial score (nSPS) is 18.1. The molecule has 0 bridgehead atoms. The second kappa shape index (κ2) is 11.7. The van der Waals surface area contributed by atoms with Gasteiger partial charge >= 0.3 is 0 Å². The van der Waals surface area contributed by atoms with E-state index >= 15 is 0 Å². The number of hydrogen-bond donors (Lipinski definition) is 0. The fourth-order valence-corrected chi connectivity index (χ4v) is 3.51. The van der Waals surface area contributed by atoms with E-state index in [2.05, 4.69) is 0 Å². The molecule has 1 unspecified atom stereocenters. The molecule has 0 aromatic heterocycles. The van der Waals surface area contributed by atoms with Gasteiger partial charge in [-0.05, 0) is 57.6 Å². The Kier molecular flexibility index (Phi) is 9.56. The highest BCUT2D eigenvalue weighted by atomic mass is 32.2. The average molecular weight is 387 g/mol. The van der Waals surface area contributed by atoms with Crippen LogP contribution in [0.5, 0.6) is 0 Å². The van der Waals surface area contributed by atoms with Crippen molar-refractivity contribution >= 4 is 10.1 Å². The standard InChI is InChI=1S/C19H30O6S/c1-17-8-10-18(11-9-17)26(20,21)25-16-6-13-22-12-4-5-15-24-19-7-2-3-14-23-19/h8-11,19H,2-7,12-16H2,1H3. The molecule has 1 aromatic rings. The summed E-state index contributed by atoms with van der Waals surface area (Å²) in [4.78, 5) is 0.186. The van der Waals surface area contributed by atoms with Gasteiger partial charge in [0.15, 0.2) is 6.29 Å². The zero-order chi connectivity index (χ0) is 18.7. The quantitative estimate of drug-likeness (QED) is 0.405. The number of benzene rings is 1. The van der Waals surface area contributed by atoms with E-state index in [1.807, 2.05) is 6.92 Å². The minimum Gasteiger partial charge on any atom is -0.381 e. The lowest BCUT2D eigenvalue weighted by Gasteiger charge is -2.22. The van der Waals surface area contributed by atoms with Crippen LogP contribution in [0.4, 0.5) is 0 Å². The molecule has 1 aliphatic heterocycles. The van der Waals surface area contributed by atoms with Crippen LogP contribution in [-0.2, 0) is 28.5 Å². The Balaban J connectivity index is 1.44. The van der Waals surface area contributed by atoms with Crippen LogP contribution in [-0.4, -0.2) is 47.7 Å². The van der Waals surface area contributed by atoms with Crippen LogP contribution < -0.4 is 0 Å². The van der Waals surface area contributed by atoms with Gasteiger partial charge in [0.2, 0.25) is 0 Å². The van der Waals surface area contributed by atoms with Gasteiger partial charge < -0.3 is 14.2 Å². The van der Waals surface area contributed by atoms with Crippen molar-refractivity contribution in [2.45, 2.75) is 56.6 Å². The first-order valence-corrected chi connectivity index (χ1v) is 10.8. The van der Waals surface area contributed by atoms with Crippen LogP contribution in [0.2, 0.25) is 0 Å². The lowest BCUT2D eigenvalue weighted by atomic mass is 10.2. The van der Waals surface area contributed by atoms with Crippen LogP contribution in [0.3, 0.4) is 0 Å². The molecule has 0 spiro atoms. The van der Waals surface area contributed by atoms with Gasteiger partial charge in [0, 0.05) is 26.4 Å². The van der Waals surface area contributed by atoms with Crippen LogP contribution >= 0.6 is 0 Å². The summed E-state index contributed by atoms with van der Waals surface area (Å²) in [5, 5.41) is 0. The first-order valence-electron chi connectivity index (χ1n) is 9.35. The van der Waals surface area contributed by atoms with Crippen LogP contribution in [0.1, 0.15) is 44.1 Å². The van der Waals surface area contributed by atoms with E-state index in [0.29, 0.717) is 26.2 Å². The third kappa shape index (κ3) is 8.14. The van der Waals surface area contributed by atoms with Gasteiger partial charge in [-0.15, -0.1) is 0 Å². The Hall–Kier alpha value is -0.990. The Labute approximate surface area is 156 Å². The van der Waals surface area contributed by atoms with E-state index in [4.69, 9.17) is 18.4 Å². The third-order valence-corrected chi connectivity index (χ3v) is 5.43. The fraction of sp³-hybridized carbons (Fsp3) is 0.684. The van der Waals surface area contributed by atoms with E-state index in [-0.39, 0.29) is 17.8 Å². The van der Waals surface area contributed by atoms with E-state index in [9.17, 15) is 8.42 Å². The summed E-state index contributed by atoms with van der Waals surface area (Å²) in [5.41, 5.74) is 1.01. The monoisotopic (exact) mass is 386 g/mol. The van der Waals surface area contributed by atoms with Gasteiger partial charge in [-0.1, -0.05) is 17.7 Å². The third-order valence-electron chi connectivity index (χ3n) is 4.11. The molecule has 1 saturated heterocycles. The maximum Gasteiger partial charge on any atom is 0.296 e. The maximum atomic E-state index is 12.0. The molecule has 0 radical (unpaired) electrons. The molecule has 1 aromatic carbocycles. The van der Waals surface area contributed by atoms with E-state index in [1.165, 1.54) is 6.42 Å². The predicted octanol–water partition coefficient (Wildman–Crippen LogP) is 3.43. The molecule has 0 aliphatic carbocycles. The van der Waals surface area contributed by atoms with E-state index in [0.717, 1.165) is 37.9 Å². The zero-order valence-electron chi connectivity index (χ0n) is 15.5. The molecule has 0 amide bonds. The molecular formula is C19H30O6S. The van der Waals surface area contributed by atoms with Crippen molar-refractivity contribution in [2.24, 2.45) is 0 Å². The van der Waals surface area contributed by atoms with Crippen molar-refractivity contribution in [2.75, 3.05) is 33.0 Å². The molecule has 2 rings (SSSR count). The van der Waals surface area contributed by atoms with Crippen LogP contribution in [0, 0.1) is 6.92 Å². The summed E-state index contributed by atoms with van der Waals surface area (Å²) in [6, 6.07) is 6.62. The van der Waals surface area contributed by atoms with Gasteiger partial charge in [-0.25, -0.2) is 0 Å². The van der Waals surface area contributed by atoms with E-state index in [1.54, 1.807) is 24.3 Å². The van der Waals surface area contributed by atoms with Crippen molar-refractivity contribution < 1.29 is 26.8 Å². The topological polar surface area (TPSA) is 71.1 Å². The lowest BCUT2D eigenvalue weighted by molar-refractivity contribution is -0.163. The smallest absolute Gasteiger partial charge is 0.296 e. The Morgan fingerprint density at radius 2 is 1.73 bits per heavy atom. The minimum atomic E-state index is -3.68. The van der Waals surface area contributed by atoms with Crippen LogP contribution in [0.15, 0.2) is 29.2 Å². The van der Waals surface area contributed by atoms with Gasteiger partial charge in [-0.3, -0.25) is 4.18 Å². The molecule has 1 aliphatic rings. The van der Waals surface area contributed by atoms with Gasteiger partial charge in [0.25, 0.3) is 10.1 Å². The largest absolute Gasteiger partial charge is 0.381 e. The van der Waals surface area contributed by atoms with Crippen molar-refractivity contribution in [3.05, 3.63) is 29.8 Å². The fourth-order valence-electron chi connectivity index (χ4n) is 2.57. The summed E-state index contributed by atoms with van der Waals surface area (Å²) in [6.45, 7) is 4.64. The zero-order valence-corrected chi connectivity index (χ0v) is 16.3. The van der Waals surface area contributed by atoms with Crippen molar-refractivity contribution in [3.63, 3.8) is 0 Å². The van der Waals surface area contributed by atoms with Crippen LogP contribution in [0.25, 0.3) is 0 Å². The molecule has 26 heavy (non-hydrogen) atoms. The summed E-state index contributed by atoms with van der Waals surface area (Å²) < 4.78 is 45.7. The second-order valence-electron chi connectivity index (χ2n) is 6.43. The van der Waals surface area contributed by atoms with Gasteiger partial charge in [0.1, 0.15) is 0 Å². The molecule has 0 N–H and O–H groups in total. The average Bonchev–Trinajstić information content (AvgIpc) is 2.64. The molecule has 148 valence electrons. The summed E-state index contributed by atoms with van der Waals surface area (Å²) in [6.07, 6.45) is 5.64. The molecule has 1 fully saturated rings. The van der Waals surface area contributed by atoms with Crippen molar-refractivity contribution in [1.29, 1.82) is 0 Å². The molecule has 7 heteroatoms. The number of ether oxygens (including phenoxy) is 3. The van der Waals surface area contributed by atoms with Gasteiger partial charge in [0.05, 0.1) is 11.5 Å². The number of rotatable bonds is 12. The highest BCUT2D eigenvalue weighted by Crippen LogP contribution is 2.14. The molecule has 6 nitrogen and oxygen atoms in total. The lowest BCUT2D eigenvalue weighted by Crippen LogP contribution is -2.22. The first kappa shape index (κ1) is 21.3. The maximum absolute atomic E-state index is 12.0. The van der Waals surface area contributed by atoms with Crippen molar-refractivity contribution in [3.8, 4) is 0 Å². The summed E-state index contributed by atoms with van der Waals surface area (Å²) in [7, 11) is -3.68. The predicted molar refractivity (Wildman–Crippen MR) is 98.5 cm³/mol. The Morgan fingerprint density at radius 3 is 2.46 bits per heavy atom. The Morgan fingerprint density at radius 1 is 1.00 bits per heavy atom. The first-order chi connectivity index (χ1) is 12.6. The summed E-state index contributed by atoms with van der Waals surface area (Å²) in [5.74, 6) is 0. The molecular weight excluding hydrogens is 356 g/mol. The molecule has 1 atom stereocenters. The number of aryl methyl sites for hydroxylation is 1. The molecule has 1 heterocycles. The Bertz CT molecular complexity index is 593. The highest BCUT2D eigenvalue weighted by Gasteiger charge is 2.14. The van der Waals surface area contributed by atoms with Crippen molar-refractivity contribution in [1.82, 2.24) is 0 Å². The number of hydrogen-bond acceptors (Lipinski definition) is 6.